The van der Waals surface area contributed by atoms with Crippen molar-refractivity contribution in [2.24, 2.45) is 0 Å². The van der Waals surface area contributed by atoms with Gasteiger partial charge in [0.05, 0.1) is 28.1 Å². The average Bonchev–Trinajstić information content (AvgIpc) is 3.62. The molecule has 0 radical (unpaired) electrons. The maximum absolute atomic E-state index is 3.68. The molecule has 0 fully saturated rings. The molecule has 0 amide bonds. The molecule has 5 aromatic carbocycles. The summed E-state index contributed by atoms with van der Waals surface area (Å²) in [6.07, 6.45) is 9.95. The fraction of sp³-hybridized carbons (Fsp3) is 0.0556. The predicted octanol–water partition coefficient (Wildman–Crippen LogP) is 9.58. The van der Waals surface area contributed by atoms with Gasteiger partial charge in [-0.25, -0.2) is 0 Å². The van der Waals surface area contributed by atoms with Gasteiger partial charge in [0, 0.05) is 49.0 Å². The zero-order valence-corrected chi connectivity index (χ0v) is 21.3. The van der Waals surface area contributed by atoms with Gasteiger partial charge in [0.15, 0.2) is 0 Å². The van der Waals surface area contributed by atoms with Crippen LogP contribution < -0.4 is 0 Å². The van der Waals surface area contributed by atoms with E-state index in [1.165, 1.54) is 71.1 Å². The molecule has 1 aliphatic carbocycles. The molecule has 0 aliphatic heterocycles. The Kier molecular flexibility index (Phi) is 4.17. The van der Waals surface area contributed by atoms with E-state index in [4.69, 9.17) is 0 Å². The standard InChI is InChI=1S/C36H25N3/c1-3-11-23(12-4-1)38-33-18-10-8-16-26(33)28-20-30-29-19-27-25-15-7-9-17-31(25)37-32(27)21-34(29)39(36(30)22-35(28)38)24-13-5-2-6-14-24/h1-13,15-22,24,37H,14H2. The highest BCUT2D eigenvalue weighted by Gasteiger charge is 2.21. The van der Waals surface area contributed by atoms with Crippen molar-refractivity contribution < 1.29 is 0 Å². The molecule has 0 saturated carbocycles. The molecule has 9 rings (SSSR count). The lowest BCUT2D eigenvalue weighted by Gasteiger charge is -2.18. The van der Waals surface area contributed by atoms with Crippen molar-refractivity contribution in [3.8, 4) is 5.69 Å². The van der Waals surface area contributed by atoms with Crippen molar-refractivity contribution in [1.82, 2.24) is 14.1 Å². The molecule has 0 spiro atoms. The van der Waals surface area contributed by atoms with Crippen LogP contribution >= 0.6 is 0 Å². The van der Waals surface area contributed by atoms with Gasteiger partial charge in [-0.2, -0.15) is 0 Å². The summed E-state index contributed by atoms with van der Waals surface area (Å²) in [5.74, 6) is 0. The molecule has 184 valence electrons. The van der Waals surface area contributed by atoms with Gasteiger partial charge in [-0.1, -0.05) is 78.9 Å². The molecule has 0 saturated heterocycles. The van der Waals surface area contributed by atoms with Crippen LogP contribution in [-0.2, 0) is 0 Å². The van der Waals surface area contributed by atoms with Crippen LogP contribution in [0.4, 0.5) is 0 Å². The third-order valence-electron chi connectivity index (χ3n) is 8.53. The van der Waals surface area contributed by atoms with E-state index in [0.717, 1.165) is 6.42 Å². The highest BCUT2D eigenvalue weighted by atomic mass is 15.0. The third-order valence-corrected chi connectivity index (χ3v) is 8.53. The summed E-state index contributed by atoms with van der Waals surface area (Å²) in [6.45, 7) is 0. The minimum absolute atomic E-state index is 0.267. The molecule has 1 unspecified atom stereocenters. The van der Waals surface area contributed by atoms with Gasteiger partial charge in [0.25, 0.3) is 0 Å². The van der Waals surface area contributed by atoms with Crippen molar-refractivity contribution in [2.75, 3.05) is 0 Å². The minimum atomic E-state index is 0.267. The van der Waals surface area contributed by atoms with Gasteiger partial charge in [-0.15, -0.1) is 0 Å². The number of rotatable bonds is 2. The van der Waals surface area contributed by atoms with Gasteiger partial charge < -0.3 is 14.1 Å². The number of nitrogens with zero attached hydrogens (tertiary/aromatic N) is 2. The van der Waals surface area contributed by atoms with Gasteiger partial charge in [-0.3, -0.25) is 0 Å². The van der Waals surface area contributed by atoms with Gasteiger partial charge in [-0.05, 0) is 55.0 Å². The van der Waals surface area contributed by atoms with E-state index in [-0.39, 0.29) is 6.04 Å². The van der Waals surface area contributed by atoms with E-state index in [1.54, 1.807) is 0 Å². The van der Waals surface area contributed by atoms with Crippen molar-refractivity contribution in [2.45, 2.75) is 12.5 Å². The van der Waals surface area contributed by atoms with E-state index in [0.29, 0.717) is 0 Å². The summed E-state index contributed by atoms with van der Waals surface area (Å²) < 4.78 is 4.97. The van der Waals surface area contributed by atoms with Crippen molar-refractivity contribution in [3.05, 3.63) is 127 Å². The molecular weight excluding hydrogens is 474 g/mol. The number of hydrogen-bond acceptors (Lipinski definition) is 0. The molecule has 1 N–H and O–H groups in total. The lowest BCUT2D eigenvalue weighted by Crippen LogP contribution is -2.06. The number of aromatic amines is 1. The molecule has 8 aromatic rings. The maximum atomic E-state index is 3.68. The Balaban J connectivity index is 1.48. The fourth-order valence-corrected chi connectivity index (χ4v) is 6.82. The Morgan fingerprint density at radius 3 is 2.10 bits per heavy atom. The number of para-hydroxylation sites is 3. The van der Waals surface area contributed by atoms with Gasteiger partial charge >= 0.3 is 0 Å². The topological polar surface area (TPSA) is 25.6 Å². The Morgan fingerprint density at radius 1 is 0.538 bits per heavy atom. The smallest absolute Gasteiger partial charge is 0.0562 e. The summed E-state index contributed by atoms with van der Waals surface area (Å²) in [7, 11) is 0. The third kappa shape index (κ3) is 2.87. The summed E-state index contributed by atoms with van der Waals surface area (Å²) >= 11 is 0. The summed E-state index contributed by atoms with van der Waals surface area (Å²) in [5.41, 5.74) is 8.59. The minimum Gasteiger partial charge on any atom is -0.354 e. The normalized spacial score (nSPS) is 15.6. The van der Waals surface area contributed by atoms with E-state index >= 15 is 0 Å². The van der Waals surface area contributed by atoms with Crippen molar-refractivity contribution >= 4 is 65.4 Å². The van der Waals surface area contributed by atoms with E-state index in [1.807, 2.05) is 0 Å². The van der Waals surface area contributed by atoms with Gasteiger partial charge in [0.2, 0.25) is 0 Å². The largest absolute Gasteiger partial charge is 0.354 e. The number of hydrogen-bond donors (Lipinski definition) is 1. The van der Waals surface area contributed by atoms with E-state index < -0.39 is 0 Å². The molecular formula is C36H25N3. The van der Waals surface area contributed by atoms with Crippen LogP contribution in [0.1, 0.15) is 12.5 Å². The molecule has 3 aromatic heterocycles. The molecule has 3 heteroatoms. The van der Waals surface area contributed by atoms with Crippen LogP contribution in [0.15, 0.2) is 127 Å². The molecule has 39 heavy (non-hydrogen) atoms. The van der Waals surface area contributed by atoms with E-state index in [9.17, 15) is 0 Å². The zero-order valence-electron chi connectivity index (χ0n) is 21.3. The summed E-state index contributed by atoms with van der Waals surface area (Å²) in [5, 5.41) is 7.75. The van der Waals surface area contributed by atoms with Crippen LogP contribution in [-0.4, -0.2) is 14.1 Å². The Labute approximate surface area is 224 Å². The molecule has 1 aliphatic rings. The second-order valence-electron chi connectivity index (χ2n) is 10.6. The average molecular weight is 500 g/mol. The van der Waals surface area contributed by atoms with E-state index in [2.05, 4.69) is 142 Å². The van der Waals surface area contributed by atoms with Crippen LogP contribution in [0.3, 0.4) is 0 Å². The lowest BCUT2D eigenvalue weighted by molar-refractivity contribution is 0.648. The molecule has 3 nitrogen and oxygen atoms in total. The van der Waals surface area contributed by atoms with Crippen LogP contribution in [0.2, 0.25) is 0 Å². The van der Waals surface area contributed by atoms with Gasteiger partial charge in [0.1, 0.15) is 0 Å². The molecule has 0 bridgehead atoms. The van der Waals surface area contributed by atoms with Crippen LogP contribution in [0, 0.1) is 0 Å². The predicted molar refractivity (Wildman–Crippen MR) is 165 cm³/mol. The number of allylic oxidation sites excluding steroid dienone is 4. The lowest BCUT2D eigenvalue weighted by atomic mass is 10.1. The molecule has 3 heterocycles. The van der Waals surface area contributed by atoms with Crippen LogP contribution in [0.25, 0.3) is 71.1 Å². The second kappa shape index (κ2) is 7.75. The summed E-state index contributed by atoms with van der Waals surface area (Å²) in [4.78, 5) is 3.68. The highest BCUT2D eigenvalue weighted by molar-refractivity contribution is 6.22. The number of H-pyrrole nitrogens is 1. The molecule has 1 atom stereocenters. The maximum Gasteiger partial charge on any atom is 0.0562 e. The zero-order chi connectivity index (χ0) is 25.5. The number of aromatic nitrogens is 3. The Hall–Kier alpha value is -5.02. The first-order valence-electron chi connectivity index (χ1n) is 13.7. The Bertz CT molecular complexity index is 2300. The first-order chi connectivity index (χ1) is 19.3. The highest BCUT2D eigenvalue weighted by Crippen LogP contribution is 2.42. The SMILES string of the molecule is C1=CCC(n2c3cc4[nH]c5ccccc5c4cc3c3cc4c5ccccc5n(-c5ccccc5)c4cc32)C=C1. The van der Waals surface area contributed by atoms with Crippen molar-refractivity contribution in [1.29, 1.82) is 0 Å². The van der Waals surface area contributed by atoms with Crippen molar-refractivity contribution in [3.63, 3.8) is 0 Å². The quantitative estimate of drug-likeness (QED) is 0.245. The summed E-state index contributed by atoms with van der Waals surface area (Å²) in [6, 6.07) is 38.1. The monoisotopic (exact) mass is 499 g/mol. The number of nitrogens with one attached hydrogen (secondary N) is 1. The number of benzene rings is 5. The second-order valence-corrected chi connectivity index (χ2v) is 10.6. The fourth-order valence-electron chi connectivity index (χ4n) is 6.82. The van der Waals surface area contributed by atoms with Crippen LogP contribution in [0.5, 0.6) is 0 Å². The first-order valence-corrected chi connectivity index (χ1v) is 13.7. The number of fused-ring (bicyclic) bond motifs is 9. The first kappa shape index (κ1) is 21.0. The Morgan fingerprint density at radius 2 is 1.26 bits per heavy atom.